The van der Waals surface area contributed by atoms with Crippen molar-refractivity contribution in [3.05, 3.63) is 149 Å². The zero-order valence-electron chi connectivity index (χ0n) is 27.4. The molecule has 0 N–H and O–H groups in total. The average Bonchev–Trinajstić information content (AvgIpc) is 3.54. The number of rotatable bonds is 4. The Balaban J connectivity index is 0.000000253. The summed E-state index contributed by atoms with van der Waals surface area (Å²) in [5.41, 5.74) is 11.2. The molecule has 0 saturated heterocycles. The van der Waals surface area contributed by atoms with E-state index in [9.17, 15) is 0 Å². The standard InChI is InChI=1S/C19H25Si2.C13H10.C7H9.2ClH.Zr/c1-20(2,3)16-7-9-18-14(12-16)11-15-13-17(21(4,5)6)8-10-19(15)18;1-3-7-12(8-4-1)11-13-9-5-2-6-10-13;1-6-4-3-5-7(6)2;;;/h7-10,12H,11H2,1-6H3;1-10H;3-5H,1-2H3;2*1H;/q-1;;-1;;;+2/p-2. The van der Waals surface area contributed by atoms with Gasteiger partial charge in [-0.2, -0.15) is 58.3 Å². The molecule has 1 aliphatic rings. The van der Waals surface area contributed by atoms with Crippen LogP contribution in [0.4, 0.5) is 0 Å². The van der Waals surface area contributed by atoms with Crippen LogP contribution in [0.25, 0.3) is 11.1 Å². The predicted molar refractivity (Wildman–Crippen MR) is 187 cm³/mol. The van der Waals surface area contributed by atoms with Gasteiger partial charge in [0.15, 0.2) is 0 Å². The Morgan fingerprint density at radius 3 is 1.59 bits per heavy atom. The van der Waals surface area contributed by atoms with Gasteiger partial charge in [0.25, 0.3) is 0 Å². The number of fused-ring (bicyclic) bond motifs is 3. The Bertz CT molecular complexity index is 1520. The van der Waals surface area contributed by atoms with E-state index in [1.807, 2.05) is 0 Å². The molecule has 0 saturated carbocycles. The van der Waals surface area contributed by atoms with Gasteiger partial charge in [-0.3, -0.25) is 0 Å². The van der Waals surface area contributed by atoms with Crippen LogP contribution >= 0.6 is 0 Å². The molecule has 0 unspecified atom stereocenters. The number of halogens is 2. The van der Waals surface area contributed by atoms with Crippen LogP contribution in [0.2, 0.25) is 39.3 Å². The Morgan fingerprint density at radius 2 is 1.16 bits per heavy atom. The van der Waals surface area contributed by atoms with Crippen molar-refractivity contribution in [1.82, 2.24) is 0 Å². The second-order valence-corrected chi connectivity index (χ2v) is 24.7. The van der Waals surface area contributed by atoms with Crippen molar-refractivity contribution in [2.24, 2.45) is 0 Å². The fraction of sp³-hybridized carbons (Fsp3) is 0.231. The van der Waals surface area contributed by atoms with Gasteiger partial charge in [-0.15, -0.1) is 5.56 Å². The van der Waals surface area contributed by atoms with Crippen LogP contribution in [-0.4, -0.2) is 19.4 Å². The fourth-order valence-corrected chi connectivity index (χ4v) is 8.12. The van der Waals surface area contributed by atoms with Gasteiger partial charge in [0.05, 0.1) is 16.1 Å². The zero-order valence-corrected chi connectivity index (χ0v) is 33.3. The average molecular weight is 731 g/mol. The summed E-state index contributed by atoms with van der Waals surface area (Å²) < 4.78 is 1.42. The van der Waals surface area contributed by atoms with E-state index in [0.29, 0.717) is 0 Å². The molecule has 5 heteroatoms. The number of aryl methyl sites for hydroxylation is 2. The first kappa shape index (κ1) is 38.2. The molecule has 5 aromatic rings. The monoisotopic (exact) mass is 728 g/mol. The molecular weight excluding hydrogens is 687 g/mol. The molecule has 0 bridgehead atoms. The van der Waals surface area contributed by atoms with Crippen LogP contribution in [0.1, 0.15) is 33.4 Å². The molecule has 0 nitrogen and oxygen atoms in total. The van der Waals surface area contributed by atoms with Crippen molar-refractivity contribution in [3.8, 4) is 11.1 Å². The first-order valence-electron chi connectivity index (χ1n) is 14.9. The summed E-state index contributed by atoms with van der Waals surface area (Å²) in [4.78, 5) is 0. The minimum atomic E-state index is -1.27. The topological polar surface area (TPSA) is 0 Å². The normalized spacial score (nSPS) is 11.3. The van der Waals surface area contributed by atoms with Crippen LogP contribution in [0.5, 0.6) is 0 Å². The third-order valence-electron chi connectivity index (χ3n) is 7.90. The molecule has 44 heavy (non-hydrogen) atoms. The zero-order chi connectivity index (χ0) is 30.5. The summed E-state index contributed by atoms with van der Waals surface area (Å²) in [5.74, 6) is 0. The second kappa shape index (κ2) is 16.5. The van der Waals surface area contributed by atoms with Crippen LogP contribution in [0.3, 0.4) is 0 Å². The van der Waals surface area contributed by atoms with Gasteiger partial charge in [0.2, 0.25) is 0 Å². The predicted octanol–water partition coefficient (Wildman–Crippen LogP) is 2.98. The summed E-state index contributed by atoms with van der Waals surface area (Å²) in [5, 5.41) is 3.03. The molecule has 0 atom stereocenters. The third kappa shape index (κ3) is 10.00. The van der Waals surface area contributed by atoms with E-state index in [0.717, 1.165) is 6.42 Å². The quantitative estimate of drug-likeness (QED) is 0.194. The van der Waals surface area contributed by atoms with E-state index in [1.54, 1.807) is 5.19 Å². The fourth-order valence-electron chi connectivity index (χ4n) is 5.00. The number of hydrogen-bond acceptors (Lipinski definition) is 0. The molecule has 0 aliphatic heterocycles. The third-order valence-corrected chi connectivity index (χ3v) is 13.3. The summed E-state index contributed by atoms with van der Waals surface area (Å²) >= 11 is 1.46. The van der Waals surface area contributed by atoms with Gasteiger partial charge < -0.3 is 24.8 Å². The molecule has 5 aromatic carbocycles. The van der Waals surface area contributed by atoms with E-state index in [1.165, 1.54) is 77.1 Å². The summed E-state index contributed by atoms with van der Waals surface area (Å²) in [6, 6.07) is 43.0. The van der Waals surface area contributed by atoms with E-state index >= 15 is 0 Å². The summed E-state index contributed by atoms with van der Waals surface area (Å²) in [6.45, 7) is 18.7. The summed E-state index contributed by atoms with van der Waals surface area (Å²) in [6.07, 6.45) is 1.07. The van der Waals surface area contributed by atoms with Crippen molar-refractivity contribution < 1.29 is 49.0 Å². The minimum absolute atomic E-state index is 0. The van der Waals surface area contributed by atoms with Crippen molar-refractivity contribution in [2.45, 2.75) is 59.6 Å². The van der Waals surface area contributed by atoms with Gasteiger partial charge in [-0.25, -0.2) is 0 Å². The van der Waals surface area contributed by atoms with Crippen molar-refractivity contribution >= 4 is 29.7 Å². The Morgan fingerprint density at radius 1 is 0.659 bits per heavy atom. The molecule has 6 rings (SSSR count). The molecule has 228 valence electrons. The van der Waals surface area contributed by atoms with Crippen LogP contribution < -0.4 is 35.2 Å². The van der Waals surface area contributed by atoms with Gasteiger partial charge in [0.1, 0.15) is 0 Å². The van der Waals surface area contributed by atoms with Crippen molar-refractivity contribution in [3.63, 3.8) is 0 Å². The van der Waals surface area contributed by atoms with Gasteiger partial charge in [0, 0.05) is 0 Å². The second-order valence-electron chi connectivity index (χ2n) is 13.3. The van der Waals surface area contributed by atoms with Crippen LogP contribution in [0, 0.1) is 19.9 Å². The number of benzene rings is 4. The van der Waals surface area contributed by atoms with E-state index < -0.39 is 16.1 Å². The SMILES string of the molecule is C[Si](C)(C)c1[c-]c2c(cc1)-c1ccc([Si](C)(C)C)cc1C2.Cc1c[cH-]cc1C.[Cl-].[Cl-].[Zr+2]=[C](c1ccccc1)c1ccccc1. The first-order chi connectivity index (χ1) is 19.8. The molecule has 0 fully saturated rings. The van der Waals surface area contributed by atoms with Crippen molar-refractivity contribution in [2.75, 3.05) is 0 Å². The van der Waals surface area contributed by atoms with Gasteiger partial charge in [-0.05, 0) is 6.42 Å². The number of hydrogen-bond donors (Lipinski definition) is 0. The maximum atomic E-state index is 3.74. The Kier molecular flexibility index (Phi) is 14.3. The van der Waals surface area contributed by atoms with Crippen LogP contribution in [0.15, 0.2) is 109 Å². The van der Waals surface area contributed by atoms with Gasteiger partial charge >= 0.3 is 99.2 Å². The molecule has 0 amide bonds. The van der Waals surface area contributed by atoms with E-state index in [2.05, 4.69) is 168 Å². The molecule has 0 heterocycles. The molecule has 0 radical (unpaired) electrons. The first-order valence-corrected chi connectivity index (χ1v) is 23.2. The molecular formula is C39H44Cl2Si2Zr-2. The Hall–Kier alpha value is -2.00. The maximum absolute atomic E-state index is 3.74. The van der Waals surface area contributed by atoms with E-state index in [4.69, 9.17) is 0 Å². The van der Waals surface area contributed by atoms with Crippen LogP contribution in [-0.2, 0) is 30.7 Å². The molecule has 0 spiro atoms. The molecule has 0 aromatic heterocycles. The molecule has 1 aliphatic carbocycles. The Labute approximate surface area is 295 Å². The van der Waals surface area contributed by atoms with Crippen molar-refractivity contribution in [1.29, 1.82) is 0 Å². The summed E-state index contributed by atoms with van der Waals surface area (Å²) in [7, 11) is -2.49. The van der Waals surface area contributed by atoms with Gasteiger partial charge in [-0.1, -0.05) is 87.6 Å². The van der Waals surface area contributed by atoms with E-state index in [-0.39, 0.29) is 24.8 Å².